The first kappa shape index (κ1) is 15.7. The Kier molecular flexibility index (Phi) is 4.87. The lowest BCUT2D eigenvalue weighted by Gasteiger charge is -2.01. The SMILES string of the molecule is COC(=O)c1ccc(/C=C(\C#N)C(=O)c2sccc2C)cc1. The summed E-state index contributed by atoms with van der Waals surface area (Å²) in [5.41, 5.74) is 2.01. The van der Waals surface area contributed by atoms with E-state index in [1.165, 1.54) is 24.5 Å². The molecule has 0 aliphatic rings. The predicted molar refractivity (Wildman–Crippen MR) is 84.8 cm³/mol. The molecule has 1 heterocycles. The van der Waals surface area contributed by atoms with Gasteiger partial charge in [-0.2, -0.15) is 5.26 Å². The smallest absolute Gasteiger partial charge is 0.337 e. The highest BCUT2D eigenvalue weighted by molar-refractivity contribution is 7.12. The third-order valence-corrected chi connectivity index (χ3v) is 4.09. The van der Waals surface area contributed by atoms with E-state index in [0.717, 1.165) is 5.56 Å². The topological polar surface area (TPSA) is 67.2 Å². The summed E-state index contributed by atoms with van der Waals surface area (Å²) in [5, 5.41) is 11.0. The molecular weight excluding hydrogens is 298 g/mol. The highest BCUT2D eigenvalue weighted by atomic mass is 32.1. The van der Waals surface area contributed by atoms with Crippen LogP contribution in [0.15, 0.2) is 41.3 Å². The molecular formula is C17H13NO3S. The van der Waals surface area contributed by atoms with Crippen LogP contribution in [-0.2, 0) is 4.74 Å². The predicted octanol–water partition coefficient (Wildman–Crippen LogP) is 3.63. The summed E-state index contributed by atoms with van der Waals surface area (Å²) in [6.45, 7) is 1.84. The molecule has 0 amide bonds. The molecule has 0 fully saturated rings. The van der Waals surface area contributed by atoms with E-state index in [-0.39, 0.29) is 11.4 Å². The molecule has 1 aromatic carbocycles. The summed E-state index contributed by atoms with van der Waals surface area (Å²) in [5.74, 6) is -0.714. The largest absolute Gasteiger partial charge is 0.465 e. The molecule has 0 radical (unpaired) electrons. The highest BCUT2D eigenvalue weighted by Gasteiger charge is 2.15. The third-order valence-electron chi connectivity index (χ3n) is 3.08. The number of Topliss-reactive ketones (excluding diaryl/α,β-unsaturated/α-hetero) is 1. The van der Waals surface area contributed by atoms with E-state index < -0.39 is 5.97 Å². The Morgan fingerprint density at radius 3 is 2.41 bits per heavy atom. The Morgan fingerprint density at radius 1 is 1.23 bits per heavy atom. The van der Waals surface area contributed by atoms with Gasteiger partial charge >= 0.3 is 5.97 Å². The molecule has 0 N–H and O–H groups in total. The highest BCUT2D eigenvalue weighted by Crippen LogP contribution is 2.21. The fraction of sp³-hybridized carbons (Fsp3) is 0.118. The van der Waals surface area contributed by atoms with Crippen molar-refractivity contribution in [2.75, 3.05) is 7.11 Å². The fourth-order valence-electron chi connectivity index (χ4n) is 1.88. The zero-order chi connectivity index (χ0) is 16.1. The van der Waals surface area contributed by atoms with Gasteiger partial charge in [-0.1, -0.05) is 12.1 Å². The number of allylic oxidation sites excluding steroid dienone is 1. The van der Waals surface area contributed by atoms with Crippen molar-refractivity contribution in [1.82, 2.24) is 0 Å². The summed E-state index contributed by atoms with van der Waals surface area (Å²) in [6, 6.07) is 10.3. The second-order valence-corrected chi connectivity index (χ2v) is 5.46. The van der Waals surface area contributed by atoms with Crippen LogP contribution in [0.2, 0.25) is 0 Å². The summed E-state index contributed by atoms with van der Waals surface area (Å²) < 4.78 is 4.62. The lowest BCUT2D eigenvalue weighted by atomic mass is 10.0. The van der Waals surface area contributed by atoms with Crippen LogP contribution < -0.4 is 0 Å². The summed E-state index contributed by atoms with van der Waals surface area (Å²) in [4.78, 5) is 24.3. The van der Waals surface area contributed by atoms with E-state index in [9.17, 15) is 14.9 Å². The average molecular weight is 311 g/mol. The van der Waals surface area contributed by atoms with Crippen LogP contribution in [0.3, 0.4) is 0 Å². The van der Waals surface area contributed by atoms with Crippen molar-refractivity contribution in [3.05, 3.63) is 62.9 Å². The molecule has 0 unspecified atom stereocenters. The summed E-state index contributed by atoms with van der Waals surface area (Å²) in [6.07, 6.45) is 1.52. The first-order valence-electron chi connectivity index (χ1n) is 6.45. The number of carbonyl (C=O) groups is 2. The number of nitrogens with zero attached hydrogens (tertiary/aromatic N) is 1. The van der Waals surface area contributed by atoms with Crippen molar-refractivity contribution in [2.45, 2.75) is 6.92 Å². The van der Waals surface area contributed by atoms with Crippen LogP contribution >= 0.6 is 11.3 Å². The number of hydrogen-bond donors (Lipinski definition) is 0. The van der Waals surface area contributed by atoms with Crippen LogP contribution in [0.4, 0.5) is 0 Å². The first-order valence-corrected chi connectivity index (χ1v) is 7.33. The van der Waals surface area contributed by atoms with Crippen LogP contribution in [-0.4, -0.2) is 18.9 Å². The van der Waals surface area contributed by atoms with Gasteiger partial charge in [0.05, 0.1) is 17.6 Å². The van der Waals surface area contributed by atoms with Crippen molar-refractivity contribution < 1.29 is 14.3 Å². The number of hydrogen-bond acceptors (Lipinski definition) is 5. The molecule has 1 aromatic heterocycles. The second kappa shape index (κ2) is 6.83. The van der Waals surface area contributed by atoms with E-state index >= 15 is 0 Å². The molecule has 0 atom stereocenters. The minimum absolute atomic E-state index is 0.0661. The van der Waals surface area contributed by atoms with E-state index in [4.69, 9.17) is 0 Å². The number of thiophene rings is 1. The van der Waals surface area contributed by atoms with Gasteiger partial charge in [-0.25, -0.2) is 4.79 Å². The van der Waals surface area contributed by atoms with Gasteiger partial charge in [0.1, 0.15) is 11.6 Å². The van der Waals surface area contributed by atoms with Gasteiger partial charge in [0.15, 0.2) is 0 Å². The Labute approximate surface area is 132 Å². The molecule has 5 heteroatoms. The monoisotopic (exact) mass is 311 g/mol. The molecule has 0 saturated heterocycles. The number of nitriles is 1. The van der Waals surface area contributed by atoms with E-state index in [1.54, 1.807) is 24.3 Å². The number of rotatable bonds is 4. The third kappa shape index (κ3) is 3.30. The van der Waals surface area contributed by atoms with Crippen molar-refractivity contribution in [1.29, 1.82) is 5.26 Å². The van der Waals surface area contributed by atoms with Gasteiger partial charge in [0, 0.05) is 0 Å². The van der Waals surface area contributed by atoms with Crippen molar-refractivity contribution in [3.63, 3.8) is 0 Å². The Hall–Kier alpha value is -2.71. The second-order valence-electron chi connectivity index (χ2n) is 4.55. The molecule has 2 rings (SSSR count). The standard InChI is InChI=1S/C17H13NO3S/c1-11-7-8-22-16(11)15(19)14(10-18)9-12-3-5-13(6-4-12)17(20)21-2/h3-9H,1-2H3/b14-9+. The van der Waals surface area contributed by atoms with E-state index in [1.807, 2.05) is 24.4 Å². The maximum Gasteiger partial charge on any atom is 0.337 e. The number of benzene rings is 1. The van der Waals surface area contributed by atoms with Crippen LogP contribution in [0, 0.1) is 18.3 Å². The quantitative estimate of drug-likeness (QED) is 0.374. The van der Waals surface area contributed by atoms with E-state index in [0.29, 0.717) is 16.0 Å². The molecule has 22 heavy (non-hydrogen) atoms. The van der Waals surface area contributed by atoms with Crippen LogP contribution in [0.5, 0.6) is 0 Å². The van der Waals surface area contributed by atoms with Gasteiger partial charge in [-0.05, 0) is 47.7 Å². The molecule has 2 aromatic rings. The fourth-order valence-corrected chi connectivity index (χ4v) is 2.76. The Morgan fingerprint density at radius 2 is 1.91 bits per heavy atom. The maximum absolute atomic E-state index is 12.3. The normalized spacial score (nSPS) is 10.9. The summed E-state index contributed by atoms with van der Waals surface area (Å²) >= 11 is 1.32. The first-order chi connectivity index (χ1) is 10.6. The molecule has 4 nitrogen and oxygen atoms in total. The number of esters is 1. The number of carbonyl (C=O) groups excluding carboxylic acids is 2. The van der Waals surface area contributed by atoms with Crippen LogP contribution in [0.1, 0.15) is 31.2 Å². The minimum Gasteiger partial charge on any atom is -0.465 e. The Balaban J connectivity index is 2.30. The number of methoxy groups -OCH3 is 1. The van der Waals surface area contributed by atoms with Gasteiger partial charge < -0.3 is 4.74 Å². The zero-order valence-electron chi connectivity index (χ0n) is 12.1. The molecule has 0 saturated carbocycles. The van der Waals surface area contributed by atoms with Gasteiger partial charge in [-0.3, -0.25) is 4.79 Å². The molecule has 0 bridgehead atoms. The molecule has 0 aliphatic carbocycles. The maximum atomic E-state index is 12.3. The summed E-state index contributed by atoms with van der Waals surface area (Å²) in [7, 11) is 1.31. The van der Waals surface area contributed by atoms with Gasteiger partial charge in [-0.15, -0.1) is 11.3 Å². The Bertz CT molecular complexity index is 779. The van der Waals surface area contributed by atoms with Crippen molar-refractivity contribution >= 4 is 29.2 Å². The molecule has 0 aliphatic heterocycles. The van der Waals surface area contributed by atoms with Crippen LogP contribution in [0.25, 0.3) is 6.08 Å². The number of ether oxygens (including phenoxy) is 1. The van der Waals surface area contributed by atoms with Gasteiger partial charge in [0.2, 0.25) is 5.78 Å². The number of ketones is 1. The average Bonchev–Trinajstić information content (AvgIpc) is 2.97. The van der Waals surface area contributed by atoms with E-state index in [2.05, 4.69) is 4.74 Å². The van der Waals surface area contributed by atoms with Gasteiger partial charge in [0.25, 0.3) is 0 Å². The zero-order valence-corrected chi connectivity index (χ0v) is 12.9. The number of aryl methyl sites for hydroxylation is 1. The molecule has 0 spiro atoms. The van der Waals surface area contributed by atoms with Crippen molar-refractivity contribution in [3.8, 4) is 6.07 Å². The minimum atomic E-state index is -0.429. The van der Waals surface area contributed by atoms with Crippen molar-refractivity contribution in [2.24, 2.45) is 0 Å². The lowest BCUT2D eigenvalue weighted by molar-refractivity contribution is 0.0600. The lowest BCUT2D eigenvalue weighted by Crippen LogP contribution is -2.02. The molecule has 110 valence electrons.